The summed E-state index contributed by atoms with van der Waals surface area (Å²) >= 11 is 0. The Kier molecular flexibility index (Phi) is 5.58. The van der Waals surface area contributed by atoms with Crippen LogP contribution in [0.25, 0.3) is 0 Å². The molecule has 1 unspecified atom stereocenters. The van der Waals surface area contributed by atoms with Crippen molar-refractivity contribution in [3.05, 3.63) is 83.4 Å². The number of benzene rings is 2. The van der Waals surface area contributed by atoms with E-state index < -0.39 is 23.2 Å². The predicted molar refractivity (Wildman–Crippen MR) is 122 cm³/mol. The fourth-order valence-electron chi connectivity index (χ4n) is 4.44. The Hall–Kier alpha value is -4.08. The summed E-state index contributed by atoms with van der Waals surface area (Å²) < 4.78 is 28.7. The number of nitrogens with zero attached hydrogens (tertiary/aromatic N) is 3. The SMILES string of the molecule is CC1(C(=O)NCc2ccc(F)cc2)Cn2cnc(C(=O)Nc3ccccc3F)c2C(=O)N1C1CC1. The Labute approximate surface area is 199 Å². The number of aromatic nitrogens is 2. The van der Waals surface area contributed by atoms with Gasteiger partial charge in [0, 0.05) is 12.6 Å². The number of para-hydroxylation sites is 1. The average molecular weight is 479 g/mol. The summed E-state index contributed by atoms with van der Waals surface area (Å²) in [4.78, 5) is 45.5. The molecule has 10 heteroatoms. The molecule has 0 spiro atoms. The first-order chi connectivity index (χ1) is 16.8. The third kappa shape index (κ3) is 4.16. The van der Waals surface area contributed by atoms with Gasteiger partial charge in [-0.3, -0.25) is 14.4 Å². The quantitative estimate of drug-likeness (QED) is 0.568. The minimum Gasteiger partial charge on any atom is -0.350 e. The van der Waals surface area contributed by atoms with Gasteiger partial charge in [-0.2, -0.15) is 0 Å². The second-order valence-corrected chi connectivity index (χ2v) is 8.99. The molecule has 180 valence electrons. The second-order valence-electron chi connectivity index (χ2n) is 8.99. The average Bonchev–Trinajstić information content (AvgIpc) is 3.57. The number of carbonyl (C=O) groups excluding carboxylic acids is 3. The molecule has 2 N–H and O–H groups in total. The molecule has 0 saturated heterocycles. The monoisotopic (exact) mass is 479 g/mol. The molecule has 8 nitrogen and oxygen atoms in total. The molecule has 2 aliphatic rings. The number of nitrogens with one attached hydrogen (secondary N) is 2. The van der Waals surface area contributed by atoms with Crippen LogP contribution in [0.15, 0.2) is 54.9 Å². The molecule has 0 radical (unpaired) electrons. The lowest BCUT2D eigenvalue weighted by molar-refractivity contribution is -0.133. The molecular formula is C25H23F2N5O3. The van der Waals surface area contributed by atoms with Crippen molar-refractivity contribution in [2.45, 2.75) is 44.4 Å². The fourth-order valence-corrected chi connectivity index (χ4v) is 4.44. The van der Waals surface area contributed by atoms with Crippen molar-refractivity contribution in [1.29, 1.82) is 0 Å². The van der Waals surface area contributed by atoms with Crippen molar-refractivity contribution in [1.82, 2.24) is 19.8 Å². The molecule has 1 aliphatic heterocycles. The van der Waals surface area contributed by atoms with E-state index in [0.29, 0.717) is 0 Å². The summed E-state index contributed by atoms with van der Waals surface area (Å²) in [5.74, 6) is -2.52. The van der Waals surface area contributed by atoms with Crippen LogP contribution in [-0.2, 0) is 17.9 Å². The van der Waals surface area contributed by atoms with Gasteiger partial charge in [-0.1, -0.05) is 24.3 Å². The van der Waals surface area contributed by atoms with Crippen LogP contribution in [0.2, 0.25) is 0 Å². The largest absolute Gasteiger partial charge is 0.350 e. The zero-order valence-electron chi connectivity index (χ0n) is 18.9. The van der Waals surface area contributed by atoms with E-state index in [-0.39, 0.29) is 47.9 Å². The lowest BCUT2D eigenvalue weighted by Gasteiger charge is -2.44. The molecule has 1 atom stereocenters. The van der Waals surface area contributed by atoms with Crippen molar-refractivity contribution >= 4 is 23.4 Å². The number of anilines is 1. The number of hydrogen-bond donors (Lipinski definition) is 2. The minimum atomic E-state index is -1.22. The molecule has 1 fully saturated rings. The molecular weight excluding hydrogens is 456 g/mol. The van der Waals surface area contributed by atoms with Crippen LogP contribution in [0.5, 0.6) is 0 Å². The predicted octanol–water partition coefficient (Wildman–Crippen LogP) is 3.11. The van der Waals surface area contributed by atoms with Gasteiger partial charge in [-0.15, -0.1) is 0 Å². The van der Waals surface area contributed by atoms with E-state index >= 15 is 0 Å². The molecule has 5 rings (SSSR count). The summed E-state index contributed by atoms with van der Waals surface area (Å²) in [5.41, 5.74) is -0.580. The van der Waals surface area contributed by atoms with Crippen molar-refractivity contribution in [2.75, 3.05) is 5.32 Å². The van der Waals surface area contributed by atoms with Gasteiger partial charge >= 0.3 is 0 Å². The van der Waals surface area contributed by atoms with Crippen LogP contribution in [0.4, 0.5) is 14.5 Å². The molecule has 3 aromatic rings. The summed E-state index contributed by atoms with van der Waals surface area (Å²) in [6.45, 7) is 1.96. The molecule has 1 aliphatic carbocycles. The molecule has 3 amide bonds. The summed E-state index contributed by atoms with van der Waals surface area (Å²) in [5, 5.41) is 5.31. The number of rotatable bonds is 6. The van der Waals surface area contributed by atoms with E-state index in [9.17, 15) is 23.2 Å². The number of carbonyl (C=O) groups is 3. The highest BCUT2D eigenvalue weighted by Gasteiger charge is 2.53. The Balaban J connectivity index is 1.41. The van der Waals surface area contributed by atoms with Gasteiger partial charge in [-0.25, -0.2) is 13.8 Å². The van der Waals surface area contributed by atoms with Gasteiger partial charge in [0.2, 0.25) is 5.91 Å². The van der Waals surface area contributed by atoms with Crippen molar-refractivity contribution in [3.63, 3.8) is 0 Å². The lowest BCUT2D eigenvalue weighted by Crippen LogP contribution is -2.64. The Morgan fingerprint density at radius 2 is 1.83 bits per heavy atom. The topological polar surface area (TPSA) is 96.3 Å². The third-order valence-electron chi connectivity index (χ3n) is 6.37. The third-order valence-corrected chi connectivity index (χ3v) is 6.37. The van der Waals surface area contributed by atoms with E-state index in [0.717, 1.165) is 18.4 Å². The maximum atomic E-state index is 14.0. The van der Waals surface area contributed by atoms with E-state index in [1.807, 2.05) is 0 Å². The zero-order valence-corrected chi connectivity index (χ0v) is 18.9. The normalized spacial score (nSPS) is 19.3. The summed E-state index contributed by atoms with van der Waals surface area (Å²) in [7, 11) is 0. The Morgan fingerprint density at radius 3 is 2.51 bits per heavy atom. The smallest absolute Gasteiger partial charge is 0.276 e. The van der Waals surface area contributed by atoms with E-state index in [2.05, 4.69) is 15.6 Å². The van der Waals surface area contributed by atoms with Crippen LogP contribution in [0.3, 0.4) is 0 Å². The highest BCUT2D eigenvalue weighted by Crippen LogP contribution is 2.39. The number of fused-ring (bicyclic) bond motifs is 1. The number of amides is 3. The lowest BCUT2D eigenvalue weighted by atomic mass is 9.93. The molecule has 1 aromatic heterocycles. The van der Waals surface area contributed by atoms with Crippen LogP contribution >= 0.6 is 0 Å². The molecule has 0 bridgehead atoms. The number of imidazole rings is 1. The first-order valence-corrected chi connectivity index (χ1v) is 11.3. The van der Waals surface area contributed by atoms with E-state index in [1.165, 1.54) is 46.1 Å². The number of halogens is 2. The van der Waals surface area contributed by atoms with E-state index in [1.54, 1.807) is 25.1 Å². The Morgan fingerprint density at radius 1 is 1.11 bits per heavy atom. The molecule has 1 saturated carbocycles. The van der Waals surface area contributed by atoms with Gasteiger partial charge in [-0.05, 0) is 49.6 Å². The standard InChI is InChI=1S/C25H23F2N5O3/c1-25(24(35)28-12-15-6-8-16(26)9-7-15)13-31-14-29-20(21(31)23(34)32(25)17-10-11-17)22(33)30-19-5-3-2-4-18(19)27/h2-9,14,17H,10-13H2,1H3,(H,28,35)(H,30,33). The zero-order chi connectivity index (χ0) is 24.7. The minimum absolute atomic E-state index is 0.0217. The summed E-state index contributed by atoms with van der Waals surface area (Å²) in [6, 6.07) is 11.4. The molecule has 2 aromatic carbocycles. The first kappa shape index (κ1) is 22.7. The van der Waals surface area contributed by atoms with Crippen LogP contribution in [0, 0.1) is 11.6 Å². The highest BCUT2D eigenvalue weighted by molar-refractivity contribution is 6.11. The first-order valence-electron chi connectivity index (χ1n) is 11.3. The van der Waals surface area contributed by atoms with Crippen molar-refractivity contribution in [3.8, 4) is 0 Å². The van der Waals surface area contributed by atoms with E-state index in [4.69, 9.17) is 0 Å². The van der Waals surface area contributed by atoms with Gasteiger partial charge in [0.1, 0.15) is 22.9 Å². The van der Waals surface area contributed by atoms with Gasteiger partial charge < -0.3 is 20.1 Å². The van der Waals surface area contributed by atoms with Crippen molar-refractivity contribution < 1.29 is 23.2 Å². The second kappa shape index (κ2) is 8.61. The Bertz CT molecular complexity index is 1320. The maximum absolute atomic E-state index is 14.0. The van der Waals surface area contributed by atoms with Crippen LogP contribution < -0.4 is 10.6 Å². The maximum Gasteiger partial charge on any atom is 0.276 e. The van der Waals surface area contributed by atoms with Crippen LogP contribution in [-0.4, -0.2) is 43.8 Å². The summed E-state index contributed by atoms with van der Waals surface area (Å²) in [6.07, 6.45) is 2.84. The molecule has 35 heavy (non-hydrogen) atoms. The van der Waals surface area contributed by atoms with Gasteiger partial charge in [0.15, 0.2) is 5.69 Å². The van der Waals surface area contributed by atoms with Gasteiger partial charge in [0.25, 0.3) is 11.8 Å². The highest BCUT2D eigenvalue weighted by atomic mass is 19.1. The van der Waals surface area contributed by atoms with Crippen molar-refractivity contribution in [2.24, 2.45) is 0 Å². The number of hydrogen-bond acceptors (Lipinski definition) is 4. The van der Waals surface area contributed by atoms with Crippen LogP contribution in [0.1, 0.15) is 46.3 Å². The molecule has 2 heterocycles. The van der Waals surface area contributed by atoms with Gasteiger partial charge in [0.05, 0.1) is 18.6 Å². The fraction of sp³-hybridized carbons (Fsp3) is 0.280.